The molecule has 0 aliphatic rings. The molecule has 3 N–H and O–H groups in total. The Labute approximate surface area is 227 Å². The van der Waals surface area contributed by atoms with Crippen molar-refractivity contribution < 1.29 is 14.4 Å². The number of nitrogens with one attached hydrogen (secondary N) is 3. The number of aromatic nitrogens is 1. The second-order valence-corrected chi connectivity index (χ2v) is 10.1. The monoisotopic (exact) mass is 531 g/mol. The van der Waals surface area contributed by atoms with Gasteiger partial charge in [-0.25, -0.2) is 4.98 Å². The molecule has 9 heteroatoms. The fraction of sp³-hybridized carbons (Fsp3) is 0.345. The normalized spacial score (nSPS) is 12.2. The molecule has 0 saturated carbocycles. The molecular weight excluding hydrogens is 498 g/mol. The lowest BCUT2D eigenvalue weighted by molar-refractivity contribution is -0.129. The van der Waals surface area contributed by atoms with Gasteiger partial charge in [0.25, 0.3) is 5.91 Å². The molecule has 0 aliphatic heterocycles. The minimum atomic E-state index is -0.830. The zero-order chi connectivity index (χ0) is 27.5. The third kappa shape index (κ3) is 8.25. The van der Waals surface area contributed by atoms with Crippen LogP contribution in [0.4, 0.5) is 0 Å². The van der Waals surface area contributed by atoms with Gasteiger partial charge in [-0.15, -0.1) is 11.3 Å². The van der Waals surface area contributed by atoms with Crippen molar-refractivity contribution in [2.45, 2.75) is 58.0 Å². The Balaban J connectivity index is 1.80. The molecule has 0 radical (unpaired) electrons. The molecule has 0 unspecified atom stereocenters. The van der Waals surface area contributed by atoms with Crippen LogP contribution in [0.15, 0.2) is 60.7 Å². The summed E-state index contributed by atoms with van der Waals surface area (Å²) in [5.41, 5.74) is 2.84. The lowest BCUT2D eigenvalue weighted by Crippen LogP contribution is -2.53. The summed E-state index contributed by atoms with van der Waals surface area (Å²) in [5, 5.41) is 18.2. The number of hydrogen-bond donors (Lipinski definition) is 3. The van der Waals surface area contributed by atoms with Gasteiger partial charge < -0.3 is 16.0 Å². The number of nitriles is 1. The highest BCUT2D eigenvalue weighted by atomic mass is 32.1. The molecule has 2 atom stereocenters. The molecule has 8 nitrogen and oxygen atoms in total. The van der Waals surface area contributed by atoms with E-state index in [1.807, 2.05) is 49.4 Å². The Morgan fingerprint density at radius 1 is 1.05 bits per heavy atom. The van der Waals surface area contributed by atoms with Crippen molar-refractivity contribution >= 4 is 39.3 Å². The van der Waals surface area contributed by atoms with E-state index in [0.29, 0.717) is 19.3 Å². The number of benzene rings is 2. The van der Waals surface area contributed by atoms with Crippen LogP contribution < -0.4 is 16.0 Å². The zero-order valence-electron chi connectivity index (χ0n) is 21.8. The largest absolute Gasteiger partial charge is 0.349 e. The standard InChI is InChI=1S/C29H33N5O3S/c1-4-9-26(35)33-24(16-27-34-23-13-12-20(5-2)15-25(23)38-27)29(37)32-22(14-21-10-7-6-8-11-21)18-31-28(36)19(3)17-30/h6-8,10-13,15,22,24H,3-5,9,14,16,18H2,1-2H3,(H,31,36)(H,32,37)(H,33,35)/t22-,24-/m0/s1. The summed E-state index contributed by atoms with van der Waals surface area (Å²) < 4.78 is 1.04. The van der Waals surface area contributed by atoms with Crippen LogP contribution in [0.3, 0.4) is 0 Å². The van der Waals surface area contributed by atoms with Gasteiger partial charge in [-0.2, -0.15) is 5.26 Å². The van der Waals surface area contributed by atoms with Crippen molar-refractivity contribution in [3.05, 3.63) is 76.8 Å². The number of hydrogen-bond acceptors (Lipinski definition) is 6. The van der Waals surface area contributed by atoms with E-state index in [1.54, 1.807) is 6.07 Å². The van der Waals surface area contributed by atoms with E-state index in [2.05, 4.69) is 40.5 Å². The Bertz CT molecular complexity index is 1330. The first-order chi connectivity index (χ1) is 18.3. The number of amides is 3. The van der Waals surface area contributed by atoms with E-state index in [-0.39, 0.29) is 30.4 Å². The van der Waals surface area contributed by atoms with E-state index in [0.717, 1.165) is 27.2 Å². The van der Waals surface area contributed by atoms with Gasteiger partial charge in [-0.1, -0.05) is 56.8 Å². The molecule has 3 rings (SSSR count). The van der Waals surface area contributed by atoms with Crippen LogP contribution in [0.25, 0.3) is 10.2 Å². The van der Waals surface area contributed by atoms with E-state index < -0.39 is 18.0 Å². The van der Waals surface area contributed by atoms with E-state index in [4.69, 9.17) is 5.26 Å². The number of carbonyl (C=O) groups excluding carboxylic acids is 3. The molecule has 0 aliphatic carbocycles. The molecule has 0 bridgehead atoms. The third-order valence-corrected chi connectivity index (χ3v) is 7.04. The van der Waals surface area contributed by atoms with Crippen LogP contribution in [-0.2, 0) is 33.6 Å². The predicted molar refractivity (Wildman–Crippen MR) is 149 cm³/mol. The Kier molecular flexibility index (Phi) is 10.6. The molecule has 2 aromatic carbocycles. The van der Waals surface area contributed by atoms with Crippen LogP contribution >= 0.6 is 11.3 Å². The Hall–Kier alpha value is -4.03. The van der Waals surface area contributed by atoms with Crippen molar-refractivity contribution in [1.29, 1.82) is 5.26 Å². The van der Waals surface area contributed by atoms with Gasteiger partial charge in [0.15, 0.2) is 0 Å². The summed E-state index contributed by atoms with van der Waals surface area (Å²) in [4.78, 5) is 42.8. The Morgan fingerprint density at radius 3 is 2.50 bits per heavy atom. The second kappa shape index (κ2) is 14.1. The molecular formula is C29H33N5O3S. The van der Waals surface area contributed by atoms with Crippen LogP contribution in [-0.4, -0.2) is 41.3 Å². The number of nitrogens with zero attached hydrogens (tertiary/aromatic N) is 2. The van der Waals surface area contributed by atoms with Gasteiger partial charge >= 0.3 is 0 Å². The number of thiazole rings is 1. The highest BCUT2D eigenvalue weighted by Crippen LogP contribution is 2.24. The molecule has 0 spiro atoms. The number of rotatable bonds is 13. The maximum Gasteiger partial charge on any atom is 0.261 e. The highest BCUT2D eigenvalue weighted by Gasteiger charge is 2.25. The van der Waals surface area contributed by atoms with Gasteiger partial charge in [-0.05, 0) is 42.5 Å². The zero-order valence-corrected chi connectivity index (χ0v) is 22.6. The van der Waals surface area contributed by atoms with Gasteiger partial charge in [-0.3, -0.25) is 14.4 Å². The maximum atomic E-state index is 13.5. The lowest BCUT2D eigenvalue weighted by Gasteiger charge is -2.24. The highest BCUT2D eigenvalue weighted by molar-refractivity contribution is 7.18. The maximum absolute atomic E-state index is 13.5. The van der Waals surface area contributed by atoms with Gasteiger partial charge in [0, 0.05) is 19.4 Å². The topological polar surface area (TPSA) is 124 Å². The molecule has 38 heavy (non-hydrogen) atoms. The van der Waals surface area contributed by atoms with Gasteiger partial charge in [0.1, 0.15) is 17.7 Å². The molecule has 1 aromatic heterocycles. The summed E-state index contributed by atoms with van der Waals surface area (Å²) in [5.74, 6) is -1.16. The SMILES string of the molecule is C=C(C#N)C(=O)NC[C@H](Cc1ccccc1)NC(=O)[C@H](Cc1nc2ccc(CC)cc2s1)NC(=O)CCC. The summed E-state index contributed by atoms with van der Waals surface area (Å²) in [6.45, 7) is 7.53. The quantitative estimate of drug-likeness (QED) is 0.230. The molecule has 198 valence electrons. The molecule has 1 heterocycles. The van der Waals surface area contributed by atoms with Crippen LogP contribution in [0.2, 0.25) is 0 Å². The van der Waals surface area contributed by atoms with E-state index in [1.165, 1.54) is 16.9 Å². The van der Waals surface area contributed by atoms with Gasteiger partial charge in [0.05, 0.1) is 21.3 Å². The summed E-state index contributed by atoms with van der Waals surface area (Å²) in [6, 6.07) is 16.1. The van der Waals surface area contributed by atoms with Crippen LogP contribution in [0.1, 0.15) is 42.8 Å². The smallest absolute Gasteiger partial charge is 0.261 e. The van der Waals surface area contributed by atoms with Crippen molar-refractivity contribution in [3.8, 4) is 6.07 Å². The molecule has 3 aromatic rings. The molecule has 0 saturated heterocycles. The Morgan fingerprint density at radius 2 is 1.82 bits per heavy atom. The van der Waals surface area contributed by atoms with Crippen molar-refractivity contribution in [2.24, 2.45) is 0 Å². The average Bonchev–Trinajstić information content (AvgIpc) is 3.32. The summed E-state index contributed by atoms with van der Waals surface area (Å²) >= 11 is 1.51. The first-order valence-corrected chi connectivity index (χ1v) is 13.5. The minimum absolute atomic E-state index is 0.0940. The molecule has 3 amide bonds. The van der Waals surface area contributed by atoms with Crippen molar-refractivity contribution in [1.82, 2.24) is 20.9 Å². The van der Waals surface area contributed by atoms with Gasteiger partial charge in [0.2, 0.25) is 11.8 Å². The summed E-state index contributed by atoms with van der Waals surface area (Å²) in [6.07, 6.45) is 2.58. The average molecular weight is 532 g/mol. The van der Waals surface area contributed by atoms with Crippen LogP contribution in [0, 0.1) is 11.3 Å². The van der Waals surface area contributed by atoms with E-state index in [9.17, 15) is 14.4 Å². The first kappa shape index (κ1) is 28.5. The fourth-order valence-electron chi connectivity index (χ4n) is 3.95. The number of fused-ring (bicyclic) bond motifs is 1. The lowest BCUT2D eigenvalue weighted by atomic mass is 10.0. The fourth-order valence-corrected chi connectivity index (χ4v) is 5.03. The van der Waals surface area contributed by atoms with E-state index >= 15 is 0 Å². The minimum Gasteiger partial charge on any atom is -0.349 e. The summed E-state index contributed by atoms with van der Waals surface area (Å²) in [7, 11) is 0. The van der Waals surface area contributed by atoms with Crippen molar-refractivity contribution in [2.75, 3.05) is 6.54 Å². The third-order valence-electron chi connectivity index (χ3n) is 6.00. The molecule has 0 fully saturated rings. The predicted octanol–water partition coefficient (Wildman–Crippen LogP) is 3.61. The first-order valence-electron chi connectivity index (χ1n) is 12.7. The van der Waals surface area contributed by atoms with Crippen molar-refractivity contribution in [3.63, 3.8) is 0 Å². The second-order valence-electron chi connectivity index (χ2n) is 9.03. The van der Waals surface area contributed by atoms with Crippen LogP contribution in [0.5, 0.6) is 0 Å². The number of carbonyl (C=O) groups is 3. The number of aryl methyl sites for hydroxylation is 1.